The van der Waals surface area contributed by atoms with Crippen LogP contribution in [0.15, 0.2) is 65.6 Å². The van der Waals surface area contributed by atoms with Gasteiger partial charge in [0, 0.05) is 35.1 Å². The standard InChI is InChI=1S/C22H18ClFN2O2/c23-18-7-3-8-19(24)17(18)14-25-13-16(10-11-21(25)27)22(28)26-12-4-6-15-5-1-2-9-20(15)26/h1-3,5,7-11,13H,4,6,12,14H2. The summed E-state index contributed by atoms with van der Waals surface area (Å²) in [5.41, 5.74) is 2.31. The third-order valence-electron chi connectivity index (χ3n) is 4.98. The van der Waals surface area contributed by atoms with Crippen LogP contribution in [-0.4, -0.2) is 17.0 Å². The number of amides is 1. The monoisotopic (exact) mass is 396 g/mol. The minimum absolute atomic E-state index is 0.0396. The molecule has 0 unspecified atom stereocenters. The van der Waals surface area contributed by atoms with Gasteiger partial charge in [-0.2, -0.15) is 0 Å². The van der Waals surface area contributed by atoms with E-state index in [2.05, 4.69) is 0 Å². The second-order valence-corrected chi connectivity index (χ2v) is 7.18. The Morgan fingerprint density at radius 2 is 1.89 bits per heavy atom. The van der Waals surface area contributed by atoms with Crippen molar-refractivity contribution in [2.24, 2.45) is 0 Å². The Hall–Kier alpha value is -2.92. The van der Waals surface area contributed by atoms with Gasteiger partial charge in [0.05, 0.1) is 12.1 Å². The molecule has 1 aliphatic heterocycles. The maximum Gasteiger partial charge on any atom is 0.259 e. The summed E-state index contributed by atoms with van der Waals surface area (Å²) in [5.74, 6) is -0.665. The van der Waals surface area contributed by atoms with E-state index in [1.54, 1.807) is 11.0 Å². The lowest BCUT2D eigenvalue weighted by Crippen LogP contribution is -2.36. The normalized spacial score (nSPS) is 13.3. The number of para-hydroxylation sites is 1. The fourth-order valence-corrected chi connectivity index (χ4v) is 3.76. The molecule has 2 aromatic carbocycles. The summed E-state index contributed by atoms with van der Waals surface area (Å²) in [6.45, 7) is 0.580. The average molecular weight is 397 g/mol. The summed E-state index contributed by atoms with van der Waals surface area (Å²) >= 11 is 6.08. The Morgan fingerprint density at radius 3 is 2.71 bits per heavy atom. The highest BCUT2D eigenvalue weighted by molar-refractivity contribution is 6.31. The van der Waals surface area contributed by atoms with Crippen LogP contribution in [0.5, 0.6) is 0 Å². The van der Waals surface area contributed by atoms with E-state index < -0.39 is 5.82 Å². The molecule has 4 nitrogen and oxygen atoms in total. The van der Waals surface area contributed by atoms with Crippen molar-refractivity contribution in [1.29, 1.82) is 0 Å². The molecule has 1 aliphatic rings. The number of aromatic nitrogens is 1. The van der Waals surface area contributed by atoms with Crippen molar-refractivity contribution in [3.8, 4) is 0 Å². The Balaban J connectivity index is 1.68. The Morgan fingerprint density at radius 1 is 1.07 bits per heavy atom. The van der Waals surface area contributed by atoms with Crippen LogP contribution in [0, 0.1) is 5.82 Å². The van der Waals surface area contributed by atoms with Crippen LogP contribution in [0.1, 0.15) is 27.9 Å². The fourth-order valence-electron chi connectivity index (χ4n) is 3.54. The first-order valence-corrected chi connectivity index (χ1v) is 9.45. The molecule has 1 aromatic heterocycles. The number of halogens is 2. The number of anilines is 1. The molecule has 3 aromatic rings. The summed E-state index contributed by atoms with van der Waals surface area (Å²) in [5, 5.41) is 0.244. The number of pyridine rings is 1. The topological polar surface area (TPSA) is 42.3 Å². The van der Waals surface area contributed by atoms with E-state index >= 15 is 0 Å². The zero-order chi connectivity index (χ0) is 19.7. The maximum absolute atomic E-state index is 14.1. The number of hydrogen-bond donors (Lipinski definition) is 0. The number of rotatable bonds is 3. The predicted octanol–water partition coefficient (Wildman–Crippen LogP) is 4.28. The van der Waals surface area contributed by atoms with E-state index in [0.29, 0.717) is 12.1 Å². The van der Waals surface area contributed by atoms with Crippen LogP contribution in [0.4, 0.5) is 10.1 Å². The third kappa shape index (κ3) is 3.45. The van der Waals surface area contributed by atoms with Crippen LogP contribution >= 0.6 is 11.6 Å². The van der Waals surface area contributed by atoms with Crippen LogP contribution in [0.2, 0.25) is 5.02 Å². The summed E-state index contributed by atoms with van der Waals surface area (Å²) in [7, 11) is 0. The molecular weight excluding hydrogens is 379 g/mol. The van der Waals surface area contributed by atoms with Gasteiger partial charge in [-0.25, -0.2) is 4.39 Å². The molecule has 0 radical (unpaired) electrons. The summed E-state index contributed by atoms with van der Waals surface area (Å²) < 4.78 is 15.4. The lowest BCUT2D eigenvalue weighted by Gasteiger charge is -2.29. The largest absolute Gasteiger partial charge is 0.310 e. The third-order valence-corrected chi connectivity index (χ3v) is 5.33. The van der Waals surface area contributed by atoms with Gasteiger partial charge in [0.2, 0.25) is 0 Å². The molecule has 0 spiro atoms. The first-order chi connectivity index (χ1) is 13.5. The maximum atomic E-state index is 14.1. The van der Waals surface area contributed by atoms with Crippen molar-refractivity contribution >= 4 is 23.2 Å². The lowest BCUT2D eigenvalue weighted by molar-refractivity contribution is 0.0984. The minimum atomic E-state index is -0.485. The molecule has 0 fully saturated rings. The zero-order valence-corrected chi connectivity index (χ0v) is 15.8. The van der Waals surface area contributed by atoms with Gasteiger partial charge in [-0.1, -0.05) is 35.9 Å². The highest BCUT2D eigenvalue weighted by atomic mass is 35.5. The Kier molecular flexibility index (Phi) is 5.01. The van der Waals surface area contributed by atoms with Gasteiger partial charge < -0.3 is 9.47 Å². The van der Waals surface area contributed by atoms with E-state index in [4.69, 9.17) is 11.6 Å². The zero-order valence-electron chi connectivity index (χ0n) is 15.1. The Bertz CT molecular complexity index is 1090. The number of hydrogen-bond acceptors (Lipinski definition) is 2. The van der Waals surface area contributed by atoms with E-state index in [0.717, 1.165) is 24.1 Å². The molecule has 2 heterocycles. The second-order valence-electron chi connectivity index (χ2n) is 6.77. The molecule has 0 atom stereocenters. The van der Waals surface area contributed by atoms with Crippen LogP contribution < -0.4 is 10.5 Å². The molecule has 0 saturated carbocycles. The van der Waals surface area contributed by atoms with Gasteiger partial charge in [-0.15, -0.1) is 0 Å². The molecule has 0 N–H and O–H groups in total. The van der Waals surface area contributed by atoms with E-state index in [-0.39, 0.29) is 28.6 Å². The summed E-state index contributed by atoms with van der Waals surface area (Å²) in [6.07, 6.45) is 3.29. The minimum Gasteiger partial charge on any atom is -0.310 e. The predicted molar refractivity (Wildman–Crippen MR) is 108 cm³/mol. The molecule has 0 bridgehead atoms. The average Bonchev–Trinajstić information content (AvgIpc) is 2.71. The van der Waals surface area contributed by atoms with Gasteiger partial charge in [-0.05, 0) is 42.7 Å². The smallest absolute Gasteiger partial charge is 0.259 e. The number of benzene rings is 2. The van der Waals surface area contributed by atoms with Gasteiger partial charge in [0.15, 0.2) is 0 Å². The molecule has 6 heteroatoms. The number of fused-ring (bicyclic) bond motifs is 1. The van der Waals surface area contributed by atoms with Crippen LogP contribution in [0.25, 0.3) is 0 Å². The summed E-state index contributed by atoms with van der Waals surface area (Å²) in [4.78, 5) is 27.1. The molecule has 0 aliphatic carbocycles. The first kappa shape index (κ1) is 18.4. The second kappa shape index (κ2) is 7.60. The molecule has 1 amide bonds. The fraction of sp³-hybridized carbons (Fsp3) is 0.182. The first-order valence-electron chi connectivity index (χ1n) is 9.08. The van der Waals surface area contributed by atoms with Crippen molar-refractivity contribution < 1.29 is 9.18 Å². The van der Waals surface area contributed by atoms with Gasteiger partial charge in [-0.3, -0.25) is 9.59 Å². The molecule has 28 heavy (non-hydrogen) atoms. The lowest BCUT2D eigenvalue weighted by atomic mass is 10.0. The quantitative estimate of drug-likeness (QED) is 0.663. The van der Waals surface area contributed by atoms with Crippen LogP contribution in [0.3, 0.4) is 0 Å². The van der Waals surface area contributed by atoms with Crippen molar-refractivity contribution in [2.75, 3.05) is 11.4 Å². The van der Waals surface area contributed by atoms with Crippen molar-refractivity contribution in [2.45, 2.75) is 19.4 Å². The van der Waals surface area contributed by atoms with Crippen molar-refractivity contribution in [3.63, 3.8) is 0 Å². The van der Waals surface area contributed by atoms with E-state index in [1.165, 1.54) is 35.0 Å². The van der Waals surface area contributed by atoms with E-state index in [9.17, 15) is 14.0 Å². The number of nitrogens with zero attached hydrogens (tertiary/aromatic N) is 2. The number of carbonyl (C=O) groups excluding carboxylic acids is 1. The molecule has 142 valence electrons. The van der Waals surface area contributed by atoms with Crippen LogP contribution in [-0.2, 0) is 13.0 Å². The molecule has 0 saturated heterocycles. The highest BCUT2D eigenvalue weighted by Crippen LogP contribution is 2.28. The van der Waals surface area contributed by atoms with Gasteiger partial charge in [0.25, 0.3) is 11.5 Å². The number of carbonyl (C=O) groups is 1. The van der Waals surface area contributed by atoms with Crippen molar-refractivity contribution in [3.05, 3.63) is 98.7 Å². The van der Waals surface area contributed by atoms with Gasteiger partial charge in [0.1, 0.15) is 5.82 Å². The van der Waals surface area contributed by atoms with Gasteiger partial charge >= 0.3 is 0 Å². The molecular formula is C22H18ClFN2O2. The SMILES string of the molecule is O=C(c1ccc(=O)n(Cc2c(F)cccc2Cl)c1)N1CCCc2ccccc21. The molecule has 4 rings (SSSR count). The Labute approximate surface area is 166 Å². The highest BCUT2D eigenvalue weighted by Gasteiger charge is 2.23. The summed E-state index contributed by atoms with van der Waals surface area (Å²) in [6, 6.07) is 15.1. The number of aryl methyl sites for hydroxylation is 1. The van der Waals surface area contributed by atoms with E-state index in [1.807, 2.05) is 24.3 Å². The van der Waals surface area contributed by atoms with Crippen molar-refractivity contribution in [1.82, 2.24) is 4.57 Å².